The highest BCUT2D eigenvalue weighted by molar-refractivity contribution is 5.82. The number of nitrogens with one attached hydrogen (secondary N) is 2. The topological polar surface area (TPSA) is 84.4 Å². The molecule has 0 spiro atoms. The number of hydrogen-bond donors (Lipinski definition) is 2. The van der Waals surface area contributed by atoms with E-state index in [0.29, 0.717) is 17.5 Å². The van der Waals surface area contributed by atoms with Crippen LogP contribution in [0, 0.1) is 0 Å². The molecule has 0 unspecified atom stereocenters. The minimum atomic E-state index is 0.198. The lowest BCUT2D eigenvalue weighted by atomic mass is 10.2. The van der Waals surface area contributed by atoms with Gasteiger partial charge in [-0.1, -0.05) is 18.2 Å². The molecule has 8 heteroatoms. The summed E-state index contributed by atoms with van der Waals surface area (Å²) in [6.07, 6.45) is 3.69. The molecule has 2 N–H and O–H groups in total. The molecule has 32 heavy (non-hydrogen) atoms. The van der Waals surface area contributed by atoms with Crippen molar-refractivity contribution in [1.82, 2.24) is 19.9 Å². The molecule has 4 aromatic rings. The van der Waals surface area contributed by atoms with Crippen molar-refractivity contribution in [3.63, 3.8) is 0 Å². The van der Waals surface area contributed by atoms with Crippen LogP contribution in [0.15, 0.2) is 67.0 Å². The van der Waals surface area contributed by atoms with Gasteiger partial charge in [0, 0.05) is 36.4 Å². The van der Waals surface area contributed by atoms with E-state index in [-0.39, 0.29) is 6.10 Å². The van der Waals surface area contributed by atoms with Crippen molar-refractivity contribution in [2.24, 2.45) is 0 Å². The number of pyridine rings is 1. The van der Waals surface area contributed by atoms with Crippen LogP contribution in [0.25, 0.3) is 10.9 Å². The normalized spacial score (nSPS) is 14.1. The molecule has 3 heterocycles. The Bertz CT molecular complexity index is 1240. The van der Waals surface area contributed by atoms with Crippen LogP contribution in [0.3, 0.4) is 0 Å². The van der Waals surface area contributed by atoms with Gasteiger partial charge in [0.25, 0.3) is 0 Å². The molecule has 0 radical (unpaired) electrons. The number of aromatic nitrogens is 3. The Morgan fingerprint density at radius 3 is 2.66 bits per heavy atom. The lowest BCUT2D eigenvalue weighted by Gasteiger charge is -2.36. The molecule has 2 aromatic carbocycles. The first-order valence-corrected chi connectivity index (χ1v) is 10.4. The van der Waals surface area contributed by atoms with Gasteiger partial charge in [0.05, 0.1) is 24.5 Å². The lowest BCUT2D eigenvalue weighted by Crippen LogP contribution is -2.51. The summed E-state index contributed by atoms with van der Waals surface area (Å²) in [5, 5.41) is 7.58. The first-order chi connectivity index (χ1) is 15.7. The number of likely N-dealkylation sites (tertiary alicyclic amines) is 1. The third-order valence-corrected chi connectivity index (χ3v) is 5.26. The van der Waals surface area contributed by atoms with Gasteiger partial charge in [-0.15, -0.1) is 0 Å². The molecule has 0 amide bonds. The highest BCUT2D eigenvalue weighted by Gasteiger charge is 2.25. The predicted octanol–water partition coefficient (Wildman–Crippen LogP) is 4.21. The number of ether oxygens (including phenoxy) is 2. The van der Waals surface area contributed by atoms with E-state index in [1.54, 1.807) is 19.5 Å². The third-order valence-electron chi connectivity index (χ3n) is 5.26. The molecule has 8 nitrogen and oxygen atoms in total. The van der Waals surface area contributed by atoms with Crippen LogP contribution < -0.4 is 20.1 Å². The van der Waals surface area contributed by atoms with E-state index in [1.165, 1.54) is 0 Å². The number of hydrogen-bond acceptors (Lipinski definition) is 8. The second kappa shape index (κ2) is 8.68. The van der Waals surface area contributed by atoms with Gasteiger partial charge in [0.2, 0.25) is 5.95 Å². The summed E-state index contributed by atoms with van der Waals surface area (Å²) in [5.74, 6) is 2.54. The van der Waals surface area contributed by atoms with E-state index in [1.807, 2.05) is 54.6 Å². The summed E-state index contributed by atoms with van der Waals surface area (Å²) in [5.41, 5.74) is 2.62. The number of likely N-dealkylation sites (N-methyl/N-ethyl adjacent to an activating group) is 1. The van der Waals surface area contributed by atoms with Gasteiger partial charge in [0.1, 0.15) is 11.9 Å². The molecule has 1 fully saturated rings. The minimum absolute atomic E-state index is 0.198. The predicted molar refractivity (Wildman–Crippen MR) is 125 cm³/mol. The Morgan fingerprint density at radius 2 is 1.81 bits per heavy atom. The Labute approximate surface area is 186 Å². The number of fused-ring (bicyclic) bond motifs is 1. The molecule has 0 aliphatic carbocycles. The fraction of sp³-hybridized carbons (Fsp3) is 0.208. The van der Waals surface area contributed by atoms with Crippen molar-refractivity contribution >= 4 is 34.0 Å². The van der Waals surface area contributed by atoms with Crippen molar-refractivity contribution in [1.29, 1.82) is 0 Å². The van der Waals surface area contributed by atoms with Gasteiger partial charge in [-0.25, -0.2) is 4.98 Å². The summed E-state index contributed by atoms with van der Waals surface area (Å²) in [6, 6.07) is 17.6. The van der Waals surface area contributed by atoms with E-state index in [4.69, 9.17) is 9.47 Å². The van der Waals surface area contributed by atoms with E-state index in [9.17, 15) is 0 Å². The molecule has 162 valence electrons. The molecular weight excluding hydrogens is 404 g/mol. The number of benzene rings is 2. The summed E-state index contributed by atoms with van der Waals surface area (Å²) >= 11 is 0. The van der Waals surface area contributed by atoms with Crippen LogP contribution in [-0.4, -0.2) is 53.2 Å². The molecular formula is C24H24N6O2. The quantitative estimate of drug-likeness (QED) is 0.453. The average molecular weight is 428 g/mol. The third kappa shape index (κ3) is 4.40. The molecule has 0 saturated carbocycles. The van der Waals surface area contributed by atoms with Gasteiger partial charge in [0.15, 0.2) is 11.5 Å². The van der Waals surface area contributed by atoms with Crippen molar-refractivity contribution in [3.8, 4) is 11.5 Å². The van der Waals surface area contributed by atoms with E-state index in [2.05, 4.69) is 37.5 Å². The molecule has 5 rings (SSSR count). The molecule has 1 saturated heterocycles. The van der Waals surface area contributed by atoms with Crippen molar-refractivity contribution < 1.29 is 9.47 Å². The van der Waals surface area contributed by atoms with Gasteiger partial charge < -0.3 is 20.1 Å². The molecule has 2 aromatic heterocycles. The number of anilines is 4. The SMILES string of the molecule is COc1cc(Nc2nccc(Nc3cnc4ccccc4c3)n2)ccc1OC1CN(C)C1. The van der Waals surface area contributed by atoms with Crippen LogP contribution >= 0.6 is 0 Å². The highest BCUT2D eigenvalue weighted by Crippen LogP contribution is 2.33. The van der Waals surface area contributed by atoms with Crippen molar-refractivity contribution in [2.45, 2.75) is 6.10 Å². The molecule has 0 bridgehead atoms. The van der Waals surface area contributed by atoms with Crippen molar-refractivity contribution in [3.05, 3.63) is 67.0 Å². The van der Waals surface area contributed by atoms with Gasteiger partial charge in [-0.3, -0.25) is 9.88 Å². The Morgan fingerprint density at radius 1 is 0.938 bits per heavy atom. The Balaban J connectivity index is 1.29. The number of methoxy groups -OCH3 is 1. The van der Waals surface area contributed by atoms with E-state index < -0.39 is 0 Å². The first-order valence-electron chi connectivity index (χ1n) is 10.4. The maximum absolute atomic E-state index is 6.02. The second-order valence-corrected chi connectivity index (χ2v) is 7.76. The fourth-order valence-corrected chi connectivity index (χ4v) is 3.64. The largest absolute Gasteiger partial charge is 0.493 e. The number of para-hydroxylation sites is 1. The average Bonchev–Trinajstić information content (AvgIpc) is 2.79. The number of rotatable bonds is 7. The zero-order valence-electron chi connectivity index (χ0n) is 17.9. The summed E-state index contributed by atoms with van der Waals surface area (Å²) in [6.45, 7) is 1.84. The first kappa shape index (κ1) is 20.0. The summed E-state index contributed by atoms with van der Waals surface area (Å²) in [7, 11) is 3.71. The molecule has 1 aliphatic heterocycles. The minimum Gasteiger partial charge on any atom is -0.493 e. The summed E-state index contributed by atoms with van der Waals surface area (Å²) < 4.78 is 11.5. The van der Waals surface area contributed by atoms with Crippen LogP contribution in [0.4, 0.5) is 23.1 Å². The number of nitrogens with zero attached hydrogens (tertiary/aromatic N) is 4. The van der Waals surface area contributed by atoms with Crippen LogP contribution in [0.2, 0.25) is 0 Å². The van der Waals surface area contributed by atoms with Gasteiger partial charge in [-0.2, -0.15) is 4.98 Å². The zero-order chi connectivity index (χ0) is 21.9. The monoisotopic (exact) mass is 428 g/mol. The van der Waals surface area contributed by atoms with Crippen LogP contribution in [-0.2, 0) is 0 Å². The van der Waals surface area contributed by atoms with Gasteiger partial charge in [-0.05, 0) is 37.4 Å². The lowest BCUT2D eigenvalue weighted by molar-refractivity contribution is 0.0370. The maximum atomic E-state index is 6.02. The van der Waals surface area contributed by atoms with E-state index >= 15 is 0 Å². The standard InChI is InChI=1S/C24H24N6O2/c1-30-14-19(15-30)32-21-8-7-17(12-22(21)31-2)28-24-25-10-9-23(29-24)27-18-11-16-5-3-4-6-20(16)26-13-18/h3-13,19H,14-15H2,1-2H3,(H2,25,27,28,29). The highest BCUT2D eigenvalue weighted by atomic mass is 16.5. The van der Waals surface area contributed by atoms with Crippen LogP contribution in [0.1, 0.15) is 0 Å². The van der Waals surface area contributed by atoms with E-state index in [0.717, 1.165) is 41.1 Å². The summed E-state index contributed by atoms with van der Waals surface area (Å²) in [4.78, 5) is 15.6. The fourth-order valence-electron chi connectivity index (χ4n) is 3.64. The van der Waals surface area contributed by atoms with Crippen LogP contribution in [0.5, 0.6) is 11.5 Å². The smallest absolute Gasteiger partial charge is 0.229 e. The van der Waals surface area contributed by atoms with Gasteiger partial charge >= 0.3 is 0 Å². The molecule has 0 atom stereocenters. The second-order valence-electron chi connectivity index (χ2n) is 7.76. The Hall–Kier alpha value is -3.91. The molecule has 1 aliphatic rings. The zero-order valence-corrected chi connectivity index (χ0v) is 17.9. The maximum Gasteiger partial charge on any atom is 0.229 e. The van der Waals surface area contributed by atoms with Crippen molar-refractivity contribution in [2.75, 3.05) is 37.9 Å². The Kier molecular flexibility index (Phi) is 5.43.